The molecule has 0 fully saturated rings. The van der Waals surface area contributed by atoms with Crippen LogP contribution in [0.4, 0.5) is 0 Å². The number of fused-ring (bicyclic) bond motifs is 5. The fourth-order valence-electron chi connectivity index (χ4n) is 4.17. The van der Waals surface area contributed by atoms with Crippen LogP contribution in [0.3, 0.4) is 0 Å². The summed E-state index contributed by atoms with van der Waals surface area (Å²) in [7, 11) is 0. The summed E-state index contributed by atoms with van der Waals surface area (Å²) in [5.74, 6) is 3.26. The number of benzene rings is 1. The molecule has 0 saturated heterocycles. The van der Waals surface area contributed by atoms with Gasteiger partial charge in [-0.15, -0.1) is 22.7 Å². The third-order valence-electron chi connectivity index (χ3n) is 5.63. The zero-order valence-corrected chi connectivity index (χ0v) is 18.4. The number of pyridine rings is 2. The van der Waals surface area contributed by atoms with Gasteiger partial charge in [0.2, 0.25) is 0 Å². The first-order chi connectivity index (χ1) is 15.8. The molecule has 5 aromatic rings. The highest BCUT2D eigenvalue weighted by Crippen LogP contribution is 2.47. The Morgan fingerprint density at radius 2 is 1.09 bits per heavy atom. The third kappa shape index (κ3) is 2.76. The van der Waals surface area contributed by atoms with E-state index in [0.717, 1.165) is 65.7 Å². The SMILES string of the molecule is c1nc2c(ccc3cc(-c4scc5c4OCCO5)cnc32)cc1-c1scc2c1OCCO2. The van der Waals surface area contributed by atoms with Gasteiger partial charge in [0.15, 0.2) is 23.0 Å². The van der Waals surface area contributed by atoms with E-state index in [1.807, 2.05) is 23.2 Å². The molecule has 0 radical (unpaired) electrons. The molecular formula is C24H16N2O4S2. The fourth-order valence-corrected chi connectivity index (χ4v) is 5.99. The van der Waals surface area contributed by atoms with Crippen LogP contribution in [-0.2, 0) is 0 Å². The van der Waals surface area contributed by atoms with Gasteiger partial charge in [-0.2, -0.15) is 0 Å². The van der Waals surface area contributed by atoms with E-state index >= 15 is 0 Å². The van der Waals surface area contributed by atoms with Crippen LogP contribution >= 0.6 is 22.7 Å². The van der Waals surface area contributed by atoms with Crippen LogP contribution < -0.4 is 18.9 Å². The summed E-state index contributed by atoms with van der Waals surface area (Å²) in [6.07, 6.45) is 3.78. The van der Waals surface area contributed by atoms with Crippen LogP contribution in [0.2, 0.25) is 0 Å². The van der Waals surface area contributed by atoms with E-state index in [1.165, 1.54) is 0 Å². The predicted molar refractivity (Wildman–Crippen MR) is 126 cm³/mol. The minimum atomic E-state index is 0.569. The van der Waals surface area contributed by atoms with E-state index in [1.54, 1.807) is 22.7 Å². The number of thiophene rings is 2. The van der Waals surface area contributed by atoms with Crippen LogP contribution in [0, 0.1) is 0 Å². The monoisotopic (exact) mass is 460 g/mol. The third-order valence-corrected chi connectivity index (χ3v) is 7.61. The Morgan fingerprint density at radius 3 is 1.59 bits per heavy atom. The highest BCUT2D eigenvalue weighted by Gasteiger charge is 2.22. The van der Waals surface area contributed by atoms with E-state index in [9.17, 15) is 0 Å². The molecule has 8 heteroatoms. The summed E-state index contributed by atoms with van der Waals surface area (Å²) in [6.45, 7) is 2.32. The lowest BCUT2D eigenvalue weighted by molar-refractivity contribution is 0.174. The molecule has 0 N–H and O–H groups in total. The van der Waals surface area contributed by atoms with E-state index in [-0.39, 0.29) is 0 Å². The molecule has 6 heterocycles. The van der Waals surface area contributed by atoms with E-state index in [4.69, 9.17) is 28.9 Å². The second kappa shape index (κ2) is 7.08. The summed E-state index contributed by atoms with van der Waals surface area (Å²) in [6, 6.07) is 8.48. The van der Waals surface area contributed by atoms with Crippen LogP contribution in [0.15, 0.2) is 47.4 Å². The molecular weight excluding hydrogens is 444 g/mol. The maximum atomic E-state index is 5.85. The lowest BCUT2D eigenvalue weighted by Gasteiger charge is -2.16. The quantitative estimate of drug-likeness (QED) is 0.311. The molecule has 1 aromatic carbocycles. The minimum absolute atomic E-state index is 0.569. The highest BCUT2D eigenvalue weighted by molar-refractivity contribution is 7.14. The van der Waals surface area contributed by atoms with Crippen molar-refractivity contribution in [2.24, 2.45) is 0 Å². The second-order valence-corrected chi connectivity index (χ2v) is 9.33. The van der Waals surface area contributed by atoms with Crippen molar-refractivity contribution in [3.63, 3.8) is 0 Å². The predicted octanol–water partition coefficient (Wildman–Crippen LogP) is 5.78. The van der Waals surface area contributed by atoms with Crippen LogP contribution in [0.25, 0.3) is 42.7 Å². The van der Waals surface area contributed by atoms with E-state index < -0.39 is 0 Å². The zero-order chi connectivity index (χ0) is 21.1. The van der Waals surface area contributed by atoms with Crippen molar-refractivity contribution in [3.8, 4) is 43.9 Å². The number of hydrogen-bond donors (Lipinski definition) is 0. The van der Waals surface area contributed by atoms with Gasteiger partial charge in [0.05, 0.1) is 20.8 Å². The van der Waals surface area contributed by atoms with Gasteiger partial charge in [-0.3, -0.25) is 9.97 Å². The van der Waals surface area contributed by atoms with Crippen molar-refractivity contribution in [2.75, 3.05) is 26.4 Å². The van der Waals surface area contributed by atoms with Gasteiger partial charge in [-0.25, -0.2) is 0 Å². The van der Waals surface area contributed by atoms with Crippen molar-refractivity contribution in [1.82, 2.24) is 9.97 Å². The minimum Gasteiger partial charge on any atom is -0.485 e. The molecule has 2 aliphatic rings. The molecule has 0 spiro atoms. The van der Waals surface area contributed by atoms with Gasteiger partial charge in [-0.05, 0) is 12.1 Å². The number of rotatable bonds is 2. The smallest absolute Gasteiger partial charge is 0.180 e. The molecule has 0 atom stereocenters. The molecule has 6 nitrogen and oxygen atoms in total. The van der Waals surface area contributed by atoms with Gasteiger partial charge >= 0.3 is 0 Å². The van der Waals surface area contributed by atoms with Crippen molar-refractivity contribution in [1.29, 1.82) is 0 Å². The summed E-state index contributed by atoms with van der Waals surface area (Å²) in [5.41, 5.74) is 3.81. The van der Waals surface area contributed by atoms with Gasteiger partial charge in [-0.1, -0.05) is 12.1 Å². The Hall–Kier alpha value is -3.36. The molecule has 0 saturated carbocycles. The van der Waals surface area contributed by atoms with Gasteiger partial charge in [0, 0.05) is 45.1 Å². The van der Waals surface area contributed by atoms with E-state index in [0.29, 0.717) is 26.4 Å². The summed E-state index contributed by atoms with van der Waals surface area (Å²) in [4.78, 5) is 11.7. The lowest BCUT2D eigenvalue weighted by Crippen LogP contribution is -2.14. The number of ether oxygens (including phenoxy) is 4. The maximum Gasteiger partial charge on any atom is 0.180 e. The summed E-state index contributed by atoms with van der Waals surface area (Å²) >= 11 is 3.23. The second-order valence-electron chi connectivity index (χ2n) is 7.57. The maximum absolute atomic E-state index is 5.85. The summed E-state index contributed by atoms with van der Waals surface area (Å²) in [5, 5.41) is 6.07. The Morgan fingerprint density at radius 1 is 0.625 bits per heavy atom. The summed E-state index contributed by atoms with van der Waals surface area (Å²) < 4.78 is 23.1. The molecule has 0 aliphatic carbocycles. The first-order valence-electron chi connectivity index (χ1n) is 10.3. The normalized spacial score (nSPS) is 14.8. The zero-order valence-electron chi connectivity index (χ0n) is 16.8. The Bertz CT molecular complexity index is 1390. The Kier molecular flexibility index (Phi) is 4.03. The first kappa shape index (κ1) is 18.2. The number of hydrogen-bond acceptors (Lipinski definition) is 8. The molecule has 7 rings (SSSR count). The standard InChI is InChI=1S/C24H16N2O4S2/c1-2-14-8-16(24-22-18(12-32-24)28-4-6-30-22)10-26-20(14)19-13(1)7-15(9-25-19)23-21-17(11-31-23)27-3-5-29-21/h1-2,7-12H,3-6H2. The van der Waals surface area contributed by atoms with E-state index in [2.05, 4.69) is 24.3 Å². The molecule has 2 aliphatic heterocycles. The van der Waals surface area contributed by atoms with Crippen molar-refractivity contribution < 1.29 is 18.9 Å². The average Bonchev–Trinajstić information content (AvgIpc) is 3.48. The van der Waals surface area contributed by atoms with Crippen molar-refractivity contribution in [3.05, 3.63) is 47.4 Å². The first-order valence-corrected chi connectivity index (χ1v) is 12.0. The van der Waals surface area contributed by atoms with Crippen LogP contribution in [0.1, 0.15) is 0 Å². The molecule has 158 valence electrons. The Labute approximate surface area is 191 Å². The van der Waals surface area contributed by atoms with Gasteiger partial charge < -0.3 is 18.9 Å². The molecule has 0 bridgehead atoms. The largest absolute Gasteiger partial charge is 0.485 e. The van der Waals surface area contributed by atoms with Crippen molar-refractivity contribution in [2.45, 2.75) is 0 Å². The van der Waals surface area contributed by atoms with Crippen LogP contribution in [0.5, 0.6) is 23.0 Å². The molecule has 0 amide bonds. The highest BCUT2D eigenvalue weighted by atomic mass is 32.1. The van der Waals surface area contributed by atoms with Gasteiger partial charge in [0.1, 0.15) is 26.4 Å². The lowest BCUT2D eigenvalue weighted by atomic mass is 10.1. The fraction of sp³-hybridized carbons (Fsp3) is 0.167. The molecule has 0 unspecified atom stereocenters. The Balaban J connectivity index is 1.32. The van der Waals surface area contributed by atoms with Gasteiger partial charge in [0.25, 0.3) is 0 Å². The van der Waals surface area contributed by atoms with Crippen molar-refractivity contribution >= 4 is 44.5 Å². The number of aromatic nitrogens is 2. The topological polar surface area (TPSA) is 62.7 Å². The molecule has 4 aromatic heterocycles. The van der Waals surface area contributed by atoms with Crippen LogP contribution in [-0.4, -0.2) is 36.4 Å². The number of nitrogens with zero attached hydrogens (tertiary/aromatic N) is 2. The average molecular weight is 461 g/mol. The molecule has 32 heavy (non-hydrogen) atoms.